The van der Waals surface area contributed by atoms with Gasteiger partial charge >= 0.3 is 0 Å². The van der Waals surface area contributed by atoms with Gasteiger partial charge < -0.3 is 15.8 Å². The first kappa shape index (κ1) is 13.5. The molecule has 0 aliphatic heterocycles. The SMILES string of the molecule is COCCC(C)(CN)Nc1cccc(Br)c1. The van der Waals surface area contributed by atoms with Crippen LogP contribution in [0.25, 0.3) is 0 Å². The van der Waals surface area contributed by atoms with E-state index in [2.05, 4.69) is 28.2 Å². The largest absolute Gasteiger partial charge is 0.385 e. The van der Waals surface area contributed by atoms with E-state index in [9.17, 15) is 0 Å². The molecule has 1 rings (SSSR count). The van der Waals surface area contributed by atoms with Gasteiger partial charge in [0.15, 0.2) is 0 Å². The minimum Gasteiger partial charge on any atom is -0.385 e. The molecule has 0 spiro atoms. The number of nitrogens with two attached hydrogens (primary N) is 1. The predicted octanol–water partition coefficient (Wildman–Crippen LogP) is 2.61. The Labute approximate surface area is 105 Å². The van der Waals surface area contributed by atoms with E-state index in [0.717, 1.165) is 16.6 Å². The smallest absolute Gasteiger partial charge is 0.0489 e. The normalized spacial score (nSPS) is 14.5. The first-order chi connectivity index (χ1) is 7.59. The number of rotatable bonds is 6. The molecule has 0 saturated heterocycles. The second-order valence-electron chi connectivity index (χ2n) is 4.14. The number of methoxy groups -OCH3 is 1. The van der Waals surface area contributed by atoms with Crippen molar-refractivity contribution in [3.63, 3.8) is 0 Å². The Morgan fingerprint density at radius 1 is 1.50 bits per heavy atom. The highest BCUT2D eigenvalue weighted by molar-refractivity contribution is 9.10. The van der Waals surface area contributed by atoms with Crippen molar-refractivity contribution in [3.8, 4) is 0 Å². The zero-order chi connectivity index (χ0) is 12.0. The fourth-order valence-corrected chi connectivity index (χ4v) is 1.86. The highest BCUT2D eigenvalue weighted by Crippen LogP contribution is 2.21. The zero-order valence-corrected chi connectivity index (χ0v) is 11.4. The van der Waals surface area contributed by atoms with Crippen molar-refractivity contribution in [1.82, 2.24) is 0 Å². The van der Waals surface area contributed by atoms with Gasteiger partial charge in [-0.1, -0.05) is 22.0 Å². The third kappa shape index (κ3) is 4.12. The molecule has 0 aliphatic rings. The van der Waals surface area contributed by atoms with E-state index >= 15 is 0 Å². The summed E-state index contributed by atoms with van der Waals surface area (Å²) in [5.74, 6) is 0. The summed E-state index contributed by atoms with van der Waals surface area (Å²) >= 11 is 3.45. The molecule has 3 N–H and O–H groups in total. The molecule has 1 aromatic carbocycles. The third-order valence-electron chi connectivity index (χ3n) is 2.58. The molecule has 0 amide bonds. The van der Waals surface area contributed by atoms with Crippen LogP contribution in [0.4, 0.5) is 5.69 Å². The molecule has 0 bridgehead atoms. The highest BCUT2D eigenvalue weighted by atomic mass is 79.9. The maximum atomic E-state index is 5.80. The van der Waals surface area contributed by atoms with Gasteiger partial charge in [-0.05, 0) is 31.5 Å². The number of hydrogen-bond acceptors (Lipinski definition) is 3. The Morgan fingerprint density at radius 3 is 2.81 bits per heavy atom. The van der Waals surface area contributed by atoms with E-state index in [4.69, 9.17) is 10.5 Å². The van der Waals surface area contributed by atoms with Crippen molar-refractivity contribution in [2.45, 2.75) is 18.9 Å². The van der Waals surface area contributed by atoms with Crippen LogP contribution >= 0.6 is 15.9 Å². The molecule has 3 nitrogen and oxygen atoms in total. The summed E-state index contributed by atoms with van der Waals surface area (Å²) in [6, 6.07) is 8.08. The number of hydrogen-bond donors (Lipinski definition) is 2. The van der Waals surface area contributed by atoms with Gasteiger partial charge in [0, 0.05) is 36.0 Å². The molecular formula is C12H19BrN2O. The monoisotopic (exact) mass is 286 g/mol. The van der Waals surface area contributed by atoms with E-state index in [0.29, 0.717) is 13.2 Å². The molecule has 0 aromatic heterocycles. The minimum atomic E-state index is -0.128. The standard InChI is InChI=1S/C12H19BrN2O/c1-12(9-14,6-7-16-2)15-11-5-3-4-10(13)8-11/h3-5,8,15H,6-7,9,14H2,1-2H3. The summed E-state index contributed by atoms with van der Waals surface area (Å²) < 4.78 is 6.15. The summed E-state index contributed by atoms with van der Waals surface area (Å²) in [6.45, 7) is 3.38. The first-order valence-corrected chi connectivity index (χ1v) is 6.12. The lowest BCUT2D eigenvalue weighted by molar-refractivity contribution is 0.177. The summed E-state index contributed by atoms with van der Waals surface area (Å²) in [6.07, 6.45) is 0.881. The first-order valence-electron chi connectivity index (χ1n) is 5.32. The quantitative estimate of drug-likeness (QED) is 0.845. The molecule has 0 saturated carbocycles. The summed E-state index contributed by atoms with van der Waals surface area (Å²) in [5.41, 5.74) is 6.74. The topological polar surface area (TPSA) is 47.3 Å². The molecule has 16 heavy (non-hydrogen) atoms. The van der Waals surface area contributed by atoms with Gasteiger partial charge in [-0.25, -0.2) is 0 Å². The second-order valence-corrected chi connectivity index (χ2v) is 5.06. The Morgan fingerprint density at radius 2 is 2.25 bits per heavy atom. The van der Waals surface area contributed by atoms with Crippen molar-refractivity contribution in [1.29, 1.82) is 0 Å². The highest BCUT2D eigenvalue weighted by Gasteiger charge is 2.21. The second kappa shape index (κ2) is 6.23. The zero-order valence-electron chi connectivity index (χ0n) is 9.79. The van der Waals surface area contributed by atoms with Crippen molar-refractivity contribution in [2.75, 3.05) is 25.6 Å². The Balaban J connectivity index is 2.68. The maximum absolute atomic E-state index is 5.80. The lowest BCUT2D eigenvalue weighted by Gasteiger charge is -2.30. The molecular weight excluding hydrogens is 268 g/mol. The summed E-state index contributed by atoms with van der Waals surface area (Å²) in [5, 5.41) is 3.45. The number of benzene rings is 1. The number of nitrogens with one attached hydrogen (secondary N) is 1. The minimum absolute atomic E-state index is 0.128. The lowest BCUT2D eigenvalue weighted by Crippen LogP contribution is -2.43. The van der Waals surface area contributed by atoms with Gasteiger partial charge in [0.2, 0.25) is 0 Å². The fraction of sp³-hybridized carbons (Fsp3) is 0.500. The van der Waals surface area contributed by atoms with Crippen LogP contribution in [0.2, 0.25) is 0 Å². The van der Waals surface area contributed by atoms with Crippen LogP contribution in [-0.4, -0.2) is 25.8 Å². The molecule has 1 unspecified atom stereocenters. The van der Waals surface area contributed by atoms with Crippen LogP contribution in [0.15, 0.2) is 28.7 Å². The van der Waals surface area contributed by atoms with Gasteiger partial charge in [-0.3, -0.25) is 0 Å². The molecule has 0 fully saturated rings. The van der Waals surface area contributed by atoms with Crippen LogP contribution < -0.4 is 11.1 Å². The van der Waals surface area contributed by atoms with Gasteiger partial charge in [-0.2, -0.15) is 0 Å². The van der Waals surface area contributed by atoms with Gasteiger partial charge in [0.25, 0.3) is 0 Å². The summed E-state index contributed by atoms with van der Waals surface area (Å²) in [4.78, 5) is 0. The summed E-state index contributed by atoms with van der Waals surface area (Å²) in [7, 11) is 1.70. The number of ether oxygens (including phenoxy) is 1. The van der Waals surface area contributed by atoms with Crippen LogP contribution in [-0.2, 0) is 4.74 Å². The van der Waals surface area contributed by atoms with Crippen molar-refractivity contribution in [2.24, 2.45) is 5.73 Å². The molecule has 0 heterocycles. The number of anilines is 1. The molecule has 0 aliphatic carbocycles. The molecule has 1 atom stereocenters. The van der Waals surface area contributed by atoms with E-state index in [1.165, 1.54) is 0 Å². The molecule has 0 radical (unpaired) electrons. The Kier molecular flexibility index (Phi) is 5.25. The van der Waals surface area contributed by atoms with Crippen LogP contribution in [0, 0.1) is 0 Å². The Bertz CT molecular complexity index is 333. The van der Waals surface area contributed by atoms with Gasteiger partial charge in [0.05, 0.1) is 0 Å². The van der Waals surface area contributed by atoms with E-state index < -0.39 is 0 Å². The van der Waals surface area contributed by atoms with Crippen LogP contribution in [0.3, 0.4) is 0 Å². The lowest BCUT2D eigenvalue weighted by atomic mass is 9.98. The van der Waals surface area contributed by atoms with E-state index in [1.807, 2.05) is 24.3 Å². The fourth-order valence-electron chi connectivity index (χ4n) is 1.46. The van der Waals surface area contributed by atoms with Crippen molar-refractivity contribution < 1.29 is 4.74 Å². The van der Waals surface area contributed by atoms with Crippen LogP contribution in [0.1, 0.15) is 13.3 Å². The van der Waals surface area contributed by atoms with Gasteiger partial charge in [-0.15, -0.1) is 0 Å². The molecule has 90 valence electrons. The van der Waals surface area contributed by atoms with Crippen molar-refractivity contribution >= 4 is 21.6 Å². The van der Waals surface area contributed by atoms with E-state index in [1.54, 1.807) is 7.11 Å². The average molecular weight is 287 g/mol. The third-order valence-corrected chi connectivity index (χ3v) is 3.07. The Hall–Kier alpha value is -0.580. The molecule has 4 heteroatoms. The van der Waals surface area contributed by atoms with Gasteiger partial charge in [0.1, 0.15) is 0 Å². The molecule has 1 aromatic rings. The maximum Gasteiger partial charge on any atom is 0.0489 e. The van der Waals surface area contributed by atoms with Crippen molar-refractivity contribution in [3.05, 3.63) is 28.7 Å². The number of halogens is 1. The van der Waals surface area contributed by atoms with Crippen LogP contribution in [0.5, 0.6) is 0 Å². The predicted molar refractivity (Wildman–Crippen MR) is 71.7 cm³/mol. The average Bonchev–Trinajstić information content (AvgIpc) is 2.26. The van der Waals surface area contributed by atoms with E-state index in [-0.39, 0.29) is 5.54 Å².